The normalized spacial score (nSPS) is 11.0. The van der Waals surface area contributed by atoms with Gasteiger partial charge in [-0.3, -0.25) is 14.2 Å². The molecule has 3 aromatic rings. The summed E-state index contributed by atoms with van der Waals surface area (Å²) in [6.45, 7) is 2.80. The standard InChI is InChI=1S/C15H12F2N4O3/c1-7-13-14(24-20-7)18-8(2)21(15(13)23)6-12(22)19-9-3-4-10(16)11(17)5-9/h3-5H,6H2,1-2H3,(H,19,22). The predicted molar refractivity (Wildman–Crippen MR) is 80.5 cm³/mol. The number of halogens is 2. The molecule has 7 nitrogen and oxygen atoms in total. The average Bonchev–Trinajstić information content (AvgIpc) is 2.88. The molecule has 3 rings (SSSR count). The summed E-state index contributed by atoms with van der Waals surface area (Å²) in [5, 5.41) is 6.27. The SMILES string of the molecule is Cc1noc2nc(C)n(CC(=O)Nc3ccc(F)c(F)c3)c(=O)c12. The molecule has 24 heavy (non-hydrogen) atoms. The molecule has 0 aliphatic rings. The monoisotopic (exact) mass is 334 g/mol. The van der Waals surface area contributed by atoms with Crippen LogP contribution in [0.25, 0.3) is 11.1 Å². The Morgan fingerprint density at radius 2 is 2.04 bits per heavy atom. The Balaban J connectivity index is 1.89. The van der Waals surface area contributed by atoms with E-state index in [2.05, 4.69) is 15.5 Å². The zero-order valence-electron chi connectivity index (χ0n) is 12.8. The Morgan fingerprint density at radius 3 is 2.75 bits per heavy atom. The molecule has 124 valence electrons. The van der Waals surface area contributed by atoms with Gasteiger partial charge in [-0.15, -0.1) is 0 Å². The summed E-state index contributed by atoms with van der Waals surface area (Å²) in [5.74, 6) is -2.41. The first-order valence-electron chi connectivity index (χ1n) is 6.95. The highest BCUT2D eigenvalue weighted by Crippen LogP contribution is 2.14. The first-order chi connectivity index (χ1) is 11.4. The Hall–Kier alpha value is -3.10. The van der Waals surface area contributed by atoms with E-state index >= 15 is 0 Å². The molecule has 1 amide bonds. The zero-order valence-corrected chi connectivity index (χ0v) is 12.8. The van der Waals surface area contributed by atoms with Crippen LogP contribution in [-0.4, -0.2) is 20.6 Å². The van der Waals surface area contributed by atoms with E-state index < -0.39 is 23.1 Å². The number of carbonyl (C=O) groups excluding carboxylic acids is 1. The van der Waals surface area contributed by atoms with Crippen LogP contribution in [0.15, 0.2) is 27.5 Å². The van der Waals surface area contributed by atoms with Gasteiger partial charge in [-0.2, -0.15) is 4.98 Å². The summed E-state index contributed by atoms with van der Waals surface area (Å²) >= 11 is 0. The smallest absolute Gasteiger partial charge is 0.267 e. The number of benzene rings is 1. The van der Waals surface area contributed by atoms with Crippen LogP contribution in [0.1, 0.15) is 11.5 Å². The van der Waals surface area contributed by atoms with E-state index in [9.17, 15) is 18.4 Å². The average molecular weight is 334 g/mol. The minimum Gasteiger partial charge on any atom is -0.335 e. The number of hydrogen-bond acceptors (Lipinski definition) is 5. The Kier molecular flexibility index (Phi) is 3.84. The maximum Gasteiger partial charge on any atom is 0.267 e. The summed E-state index contributed by atoms with van der Waals surface area (Å²) < 4.78 is 32.1. The summed E-state index contributed by atoms with van der Waals surface area (Å²) in [7, 11) is 0. The maximum absolute atomic E-state index is 13.2. The lowest BCUT2D eigenvalue weighted by molar-refractivity contribution is -0.116. The highest BCUT2D eigenvalue weighted by molar-refractivity contribution is 5.90. The van der Waals surface area contributed by atoms with Crippen molar-refractivity contribution in [3.05, 3.63) is 51.7 Å². The third kappa shape index (κ3) is 2.75. The van der Waals surface area contributed by atoms with Gasteiger partial charge < -0.3 is 9.84 Å². The molecule has 0 bridgehead atoms. The maximum atomic E-state index is 13.2. The number of amides is 1. The Labute approximate surface area is 133 Å². The van der Waals surface area contributed by atoms with Gasteiger partial charge in [0.25, 0.3) is 11.3 Å². The van der Waals surface area contributed by atoms with Gasteiger partial charge in [0, 0.05) is 11.8 Å². The van der Waals surface area contributed by atoms with Gasteiger partial charge in [-0.05, 0) is 26.0 Å². The molecule has 2 heterocycles. The van der Waals surface area contributed by atoms with Gasteiger partial charge in [-0.1, -0.05) is 5.16 Å². The summed E-state index contributed by atoms with van der Waals surface area (Å²) in [6, 6.07) is 2.97. The molecule has 0 aliphatic carbocycles. The predicted octanol–water partition coefficient (Wildman–Crippen LogP) is 1.92. The third-order valence-corrected chi connectivity index (χ3v) is 3.46. The van der Waals surface area contributed by atoms with E-state index in [0.29, 0.717) is 5.69 Å². The molecule has 0 fully saturated rings. The molecule has 0 radical (unpaired) electrons. The van der Waals surface area contributed by atoms with Gasteiger partial charge in [-0.25, -0.2) is 8.78 Å². The first kappa shape index (κ1) is 15.8. The second kappa shape index (κ2) is 5.84. The molecule has 0 saturated heterocycles. The highest BCUT2D eigenvalue weighted by Gasteiger charge is 2.17. The zero-order chi connectivity index (χ0) is 17.4. The molecule has 9 heteroatoms. The molecule has 0 aliphatic heterocycles. The van der Waals surface area contributed by atoms with Crippen molar-refractivity contribution in [3.8, 4) is 0 Å². The van der Waals surface area contributed by atoms with Crippen LogP contribution < -0.4 is 10.9 Å². The largest absolute Gasteiger partial charge is 0.335 e. The van der Waals surface area contributed by atoms with E-state index in [-0.39, 0.29) is 29.2 Å². The van der Waals surface area contributed by atoms with Gasteiger partial charge in [0.15, 0.2) is 11.6 Å². The number of fused-ring (bicyclic) bond motifs is 1. The van der Waals surface area contributed by atoms with Gasteiger partial charge in [0.05, 0.1) is 5.69 Å². The topological polar surface area (TPSA) is 90.0 Å². The van der Waals surface area contributed by atoms with Crippen LogP contribution in [0.2, 0.25) is 0 Å². The molecule has 1 aromatic carbocycles. The molecular formula is C15H12F2N4O3. The van der Waals surface area contributed by atoms with Gasteiger partial charge in [0.1, 0.15) is 17.8 Å². The number of anilines is 1. The Morgan fingerprint density at radius 1 is 1.29 bits per heavy atom. The fraction of sp³-hybridized carbons (Fsp3) is 0.200. The minimum absolute atomic E-state index is 0.0831. The number of nitrogens with zero attached hydrogens (tertiary/aromatic N) is 3. The van der Waals surface area contributed by atoms with Crippen LogP contribution in [-0.2, 0) is 11.3 Å². The van der Waals surface area contributed by atoms with Gasteiger partial charge in [0.2, 0.25) is 5.91 Å². The molecule has 0 unspecified atom stereocenters. The van der Waals surface area contributed by atoms with E-state index in [1.165, 1.54) is 6.07 Å². The van der Waals surface area contributed by atoms with Crippen LogP contribution >= 0.6 is 0 Å². The number of carbonyl (C=O) groups is 1. The van der Waals surface area contributed by atoms with Crippen molar-refractivity contribution in [1.29, 1.82) is 0 Å². The first-order valence-corrected chi connectivity index (χ1v) is 6.95. The van der Waals surface area contributed by atoms with E-state index in [1.807, 2.05) is 0 Å². The Bertz CT molecular complexity index is 1010. The van der Waals surface area contributed by atoms with Crippen molar-refractivity contribution in [2.45, 2.75) is 20.4 Å². The number of rotatable bonds is 3. The fourth-order valence-electron chi connectivity index (χ4n) is 2.27. The minimum atomic E-state index is -1.08. The fourth-order valence-corrected chi connectivity index (χ4v) is 2.27. The second-order valence-electron chi connectivity index (χ2n) is 5.18. The van der Waals surface area contributed by atoms with E-state index in [0.717, 1.165) is 16.7 Å². The molecular weight excluding hydrogens is 322 g/mol. The third-order valence-electron chi connectivity index (χ3n) is 3.46. The highest BCUT2D eigenvalue weighted by atomic mass is 19.2. The lowest BCUT2D eigenvalue weighted by atomic mass is 10.3. The van der Waals surface area contributed by atoms with Crippen molar-refractivity contribution in [1.82, 2.24) is 14.7 Å². The number of aromatic nitrogens is 3. The van der Waals surface area contributed by atoms with E-state index in [1.54, 1.807) is 13.8 Å². The van der Waals surface area contributed by atoms with Crippen molar-refractivity contribution in [2.24, 2.45) is 0 Å². The molecule has 0 saturated carbocycles. The van der Waals surface area contributed by atoms with Gasteiger partial charge >= 0.3 is 0 Å². The lowest BCUT2D eigenvalue weighted by Crippen LogP contribution is -2.30. The molecule has 0 atom stereocenters. The van der Waals surface area contributed by atoms with Crippen molar-refractivity contribution >= 4 is 22.7 Å². The van der Waals surface area contributed by atoms with Crippen LogP contribution in [0.3, 0.4) is 0 Å². The number of nitrogens with one attached hydrogen (secondary N) is 1. The van der Waals surface area contributed by atoms with Crippen molar-refractivity contribution in [2.75, 3.05) is 5.32 Å². The van der Waals surface area contributed by atoms with Crippen LogP contribution in [0.4, 0.5) is 14.5 Å². The summed E-state index contributed by atoms with van der Waals surface area (Å²) in [6.07, 6.45) is 0. The van der Waals surface area contributed by atoms with Crippen molar-refractivity contribution in [3.63, 3.8) is 0 Å². The summed E-state index contributed by atoms with van der Waals surface area (Å²) in [4.78, 5) is 28.6. The molecule has 0 spiro atoms. The number of hydrogen-bond donors (Lipinski definition) is 1. The van der Waals surface area contributed by atoms with Crippen LogP contribution in [0.5, 0.6) is 0 Å². The van der Waals surface area contributed by atoms with E-state index in [4.69, 9.17) is 4.52 Å². The lowest BCUT2D eigenvalue weighted by Gasteiger charge is -2.10. The second-order valence-corrected chi connectivity index (χ2v) is 5.18. The van der Waals surface area contributed by atoms with Crippen molar-refractivity contribution < 1.29 is 18.1 Å². The molecule has 2 aromatic heterocycles. The molecule has 1 N–H and O–H groups in total. The summed E-state index contributed by atoms with van der Waals surface area (Å²) in [5.41, 5.74) is 0.0982. The van der Waals surface area contributed by atoms with Crippen LogP contribution in [0, 0.1) is 25.5 Å². The number of aryl methyl sites for hydroxylation is 2. The quantitative estimate of drug-likeness (QED) is 0.790.